The average molecular weight is 472 g/mol. The number of likely N-dealkylation sites (tertiary alicyclic amines) is 1. The van der Waals surface area contributed by atoms with Gasteiger partial charge in [-0.3, -0.25) is 14.2 Å². The molecule has 8 heteroatoms. The van der Waals surface area contributed by atoms with Crippen molar-refractivity contribution in [3.63, 3.8) is 0 Å². The number of nitrogens with one attached hydrogen (secondary N) is 1. The number of fused-ring (bicyclic) bond motifs is 1. The summed E-state index contributed by atoms with van der Waals surface area (Å²) in [5, 5.41) is 3.41. The summed E-state index contributed by atoms with van der Waals surface area (Å²) in [6.07, 6.45) is 1.12. The van der Waals surface area contributed by atoms with E-state index in [4.69, 9.17) is 0 Å². The third-order valence-corrected chi connectivity index (χ3v) is 6.22. The molecule has 1 amide bonds. The van der Waals surface area contributed by atoms with E-state index in [1.807, 2.05) is 0 Å². The Hall–Kier alpha value is -3.13. The Labute approximate surface area is 196 Å². The number of benzene rings is 2. The Bertz CT molecular complexity index is 1210. The van der Waals surface area contributed by atoms with Gasteiger partial charge in [-0.15, -0.1) is 0 Å². The molecule has 1 saturated heterocycles. The van der Waals surface area contributed by atoms with Crippen molar-refractivity contribution in [2.75, 3.05) is 26.2 Å². The number of nitrogens with zero attached hydrogens (tertiary/aromatic N) is 2. The maximum absolute atomic E-state index is 13.3. The molecule has 0 unspecified atom stereocenters. The predicted molar refractivity (Wildman–Crippen MR) is 126 cm³/mol. The van der Waals surface area contributed by atoms with Gasteiger partial charge in [-0.25, -0.2) is 0 Å². The Kier molecular flexibility index (Phi) is 7.36. The first-order valence-corrected chi connectivity index (χ1v) is 11.7. The molecule has 1 aliphatic heterocycles. The number of hydrogen-bond donors (Lipinski definition) is 1. The second kappa shape index (κ2) is 10.4. The normalized spacial score (nSPS) is 15.3. The maximum atomic E-state index is 13.3. The van der Waals surface area contributed by atoms with Gasteiger partial charge in [-0.05, 0) is 74.6 Å². The molecule has 0 saturated carbocycles. The van der Waals surface area contributed by atoms with Gasteiger partial charge < -0.3 is 10.2 Å². The molecule has 1 aliphatic rings. The van der Waals surface area contributed by atoms with Crippen LogP contribution in [0.1, 0.15) is 48.0 Å². The summed E-state index contributed by atoms with van der Waals surface area (Å²) in [4.78, 5) is 28.6. The molecular weight excluding hydrogens is 443 g/mol. The van der Waals surface area contributed by atoms with Crippen molar-refractivity contribution in [3.05, 3.63) is 76.1 Å². The Morgan fingerprint density at radius 2 is 1.68 bits per heavy atom. The first-order chi connectivity index (χ1) is 16.3. The zero-order valence-corrected chi connectivity index (χ0v) is 18.9. The number of para-hydroxylation sites is 1. The standard InChI is InChI=1S/C26H28F3N3O2/c27-26(28,29)20-10-7-11-21(18-20)32-23-12-4-3-9-19(23)17-22(25(32)34)24(33)30-13-8-16-31-14-5-1-2-6-15-31/h3-4,7,9-12,17-18H,1-2,5-6,8,13-16H2,(H,30,33). The van der Waals surface area contributed by atoms with Gasteiger partial charge >= 0.3 is 6.18 Å². The minimum atomic E-state index is -4.54. The van der Waals surface area contributed by atoms with Crippen LogP contribution < -0.4 is 10.9 Å². The van der Waals surface area contributed by atoms with E-state index < -0.39 is 23.2 Å². The molecule has 1 fully saturated rings. The van der Waals surface area contributed by atoms with Gasteiger partial charge in [0, 0.05) is 12.2 Å². The van der Waals surface area contributed by atoms with Crippen LogP contribution >= 0.6 is 0 Å². The van der Waals surface area contributed by atoms with E-state index in [1.165, 1.54) is 48.4 Å². The van der Waals surface area contributed by atoms with Gasteiger partial charge in [-0.2, -0.15) is 13.2 Å². The van der Waals surface area contributed by atoms with Crippen molar-refractivity contribution in [1.82, 2.24) is 14.8 Å². The predicted octanol–water partition coefficient (Wildman–Crippen LogP) is 5.01. The van der Waals surface area contributed by atoms with Gasteiger partial charge in [0.1, 0.15) is 5.56 Å². The highest BCUT2D eigenvalue weighted by atomic mass is 19.4. The van der Waals surface area contributed by atoms with Crippen LogP contribution in [-0.2, 0) is 6.18 Å². The Morgan fingerprint density at radius 1 is 0.941 bits per heavy atom. The lowest BCUT2D eigenvalue weighted by atomic mass is 10.1. The number of carbonyl (C=O) groups excluding carboxylic acids is 1. The zero-order valence-electron chi connectivity index (χ0n) is 18.9. The van der Waals surface area contributed by atoms with Crippen LogP contribution in [0.25, 0.3) is 16.6 Å². The molecular formula is C26H28F3N3O2. The highest BCUT2D eigenvalue weighted by Crippen LogP contribution is 2.30. The largest absolute Gasteiger partial charge is 0.416 e. The van der Waals surface area contributed by atoms with Gasteiger partial charge in [0.15, 0.2) is 0 Å². The summed E-state index contributed by atoms with van der Waals surface area (Å²) < 4.78 is 41.0. The number of aromatic nitrogens is 1. The molecule has 3 aromatic rings. The van der Waals surface area contributed by atoms with Gasteiger partial charge in [-0.1, -0.05) is 37.1 Å². The summed E-state index contributed by atoms with van der Waals surface area (Å²) in [5.41, 5.74) is -1.10. The number of carbonyl (C=O) groups is 1. The molecule has 4 rings (SSSR count). The third kappa shape index (κ3) is 5.50. The summed E-state index contributed by atoms with van der Waals surface area (Å²) in [6.45, 7) is 3.44. The summed E-state index contributed by atoms with van der Waals surface area (Å²) in [5.74, 6) is -0.521. The fourth-order valence-electron chi connectivity index (χ4n) is 4.46. The molecule has 1 N–H and O–H groups in total. The van der Waals surface area contributed by atoms with Crippen LogP contribution in [0.2, 0.25) is 0 Å². The van der Waals surface area contributed by atoms with Crippen LogP contribution in [-0.4, -0.2) is 41.6 Å². The van der Waals surface area contributed by atoms with Crippen molar-refractivity contribution in [2.24, 2.45) is 0 Å². The van der Waals surface area contributed by atoms with Gasteiger partial charge in [0.2, 0.25) is 0 Å². The van der Waals surface area contributed by atoms with E-state index in [-0.39, 0.29) is 11.3 Å². The lowest BCUT2D eigenvalue weighted by molar-refractivity contribution is -0.137. The maximum Gasteiger partial charge on any atom is 0.416 e. The first-order valence-electron chi connectivity index (χ1n) is 11.7. The van der Waals surface area contributed by atoms with Gasteiger partial charge in [0.25, 0.3) is 11.5 Å². The second-order valence-corrected chi connectivity index (χ2v) is 8.67. The molecule has 180 valence electrons. The number of rotatable bonds is 6. The van der Waals surface area contributed by atoms with E-state index in [9.17, 15) is 22.8 Å². The number of halogens is 3. The van der Waals surface area contributed by atoms with E-state index >= 15 is 0 Å². The quantitative estimate of drug-likeness (QED) is 0.515. The summed E-state index contributed by atoms with van der Waals surface area (Å²) in [7, 11) is 0. The molecule has 0 bridgehead atoms. The van der Waals surface area contributed by atoms with Crippen LogP contribution in [0.3, 0.4) is 0 Å². The number of alkyl halides is 3. The van der Waals surface area contributed by atoms with Crippen molar-refractivity contribution >= 4 is 16.8 Å². The highest BCUT2D eigenvalue weighted by Gasteiger charge is 2.31. The monoisotopic (exact) mass is 471 g/mol. The lowest BCUT2D eigenvalue weighted by Gasteiger charge is -2.19. The molecule has 2 aromatic carbocycles. The lowest BCUT2D eigenvalue weighted by Crippen LogP contribution is -2.34. The first kappa shape index (κ1) is 24.0. The molecule has 1 aromatic heterocycles. The fraction of sp³-hybridized carbons (Fsp3) is 0.385. The highest BCUT2D eigenvalue weighted by molar-refractivity contribution is 5.97. The molecule has 2 heterocycles. The number of pyridine rings is 1. The van der Waals surface area contributed by atoms with Crippen LogP contribution in [0, 0.1) is 0 Å². The Morgan fingerprint density at radius 3 is 2.41 bits per heavy atom. The molecule has 34 heavy (non-hydrogen) atoms. The van der Waals surface area contributed by atoms with Crippen molar-refractivity contribution < 1.29 is 18.0 Å². The molecule has 0 aliphatic carbocycles. The minimum Gasteiger partial charge on any atom is -0.352 e. The number of hydrogen-bond acceptors (Lipinski definition) is 3. The zero-order chi connectivity index (χ0) is 24.1. The molecule has 0 atom stereocenters. The van der Waals surface area contributed by atoms with Crippen LogP contribution in [0.5, 0.6) is 0 Å². The van der Waals surface area contributed by atoms with Crippen LogP contribution in [0.15, 0.2) is 59.4 Å². The average Bonchev–Trinajstić information content (AvgIpc) is 3.10. The fourth-order valence-corrected chi connectivity index (χ4v) is 4.46. The molecule has 0 radical (unpaired) electrons. The van der Waals surface area contributed by atoms with E-state index in [2.05, 4.69) is 10.2 Å². The van der Waals surface area contributed by atoms with Crippen molar-refractivity contribution in [3.8, 4) is 5.69 Å². The topological polar surface area (TPSA) is 54.3 Å². The molecule has 0 spiro atoms. The summed E-state index contributed by atoms with van der Waals surface area (Å²) in [6, 6.07) is 12.9. The van der Waals surface area contributed by atoms with E-state index in [1.54, 1.807) is 24.3 Å². The minimum absolute atomic E-state index is 0.0619. The van der Waals surface area contributed by atoms with Gasteiger partial charge in [0.05, 0.1) is 11.1 Å². The third-order valence-electron chi connectivity index (χ3n) is 6.22. The van der Waals surface area contributed by atoms with Crippen LogP contribution in [0.4, 0.5) is 13.2 Å². The number of amides is 1. The van der Waals surface area contributed by atoms with Crippen molar-refractivity contribution in [2.45, 2.75) is 38.3 Å². The second-order valence-electron chi connectivity index (χ2n) is 8.67. The summed E-state index contributed by atoms with van der Waals surface area (Å²) >= 11 is 0. The van der Waals surface area contributed by atoms with E-state index in [0.717, 1.165) is 38.2 Å². The smallest absolute Gasteiger partial charge is 0.352 e. The molecule has 5 nitrogen and oxygen atoms in total. The SMILES string of the molecule is O=C(NCCCN1CCCCCC1)c1cc2ccccc2n(-c2cccc(C(F)(F)F)c2)c1=O. The van der Waals surface area contributed by atoms with Crippen molar-refractivity contribution in [1.29, 1.82) is 0 Å². The Balaban J connectivity index is 1.58. The van der Waals surface area contributed by atoms with E-state index in [0.29, 0.717) is 17.4 Å².